The molecule has 0 fully saturated rings. The molecule has 0 amide bonds. The molecule has 0 saturated heterocycles. The average Bonchev–Trinajstić information content (AvgIpc) is 2.53. The van der Waals surface area contributed by atoms with Crippen molar-refractivity contribution >= 4 is 5.78 Å². The second kappa shape index (κ2) is 8.35. The molecule has 0 radical (unpaired) electrons. The van der Waals surface area contributed by atoms with E-state index >= 15 is 0 Å². The van der Waals surface area contributed by atoms with Crippen LogP contribution >= 0.6 is 0 Å². The molecule has 110 valence electrons. The monoisotopic (exact) mass is 284 g/mol. The lowest BCUT2D eigenvalue weighted by Crippen LogP contribution is -2.14. The minimum atomic E-state index is -0.297. The highest BCUT2D eigenvalue weighted by Crippen LogP contribution is 2.22. The van der Waals surface area contributed by atoms with Gasteiger partial charge in [0.2, 0.25) is 0 Å². The first-order valence-corrected chi connectivity index (χ1v) is 7.12. The summed E-state index contributed by atoms with van der Waals surface area (Å²) >= 11 is 0. The molecule has 1 atom stereocenters. The van der Waals surface area contributed by atoms with Crippen molar-refractivity contribution in [3.05, 3.63) is 71.8 Å². The molecule has 1 unspecified atom stereocenters. The zero-order valence-electron chi connectivity index (χ0n) is 11.9. The number of benzene rings is 2. The molecular weight excluding hydrogens is 264 g/mol. The number of aliphatic hydroxyl groups excluding tert-OH is 1. The van der Waals surface area contributed by atoms with Crippen LogP contribution in [0.3, 0.4) is 0 Å². The normalized spacial score (nSPS) is 12.0. The molecule has 1 N–H and O–H groups in total. The first kappa shape index (κ1) is 15.4. The third-order valence-electron chi connectivity index (χ3n) is 3.24. The fourth-order valence-electron chi connectivity index (χ4n) is 2.24. The molecule has 0 bridgehead atoms. The first-order chi connectivity index (χ1) is 10.3. The van der Waals surface area contributed by atoms with Crippen LogP contribution in [0.2, 0.25) is 0 Å². The number of ether oxygens (including phenoxy) is 1. The average molecular weight is 284 g/mol. The number of hydrogen-bond donors (Lipinski definition) is 1. The van der Waals surface area contributed by atoms with Gasteiger partial charge in [0.1, 0.15) is 5.78 Å². The van der Waals surface area contributed by atoms with Crippen molar-refractivity contribution in [3.8, 4) is 0 Å². The summed E-state index contributed by atoms with van der Waals surface area (Å²) in [5.74, 6) is 0.132. The molecule has 0 aliphatic rings. The minimum Gasteiger partial charge on any atom is -0.394 e. The van der Waals surface area contributed by atoms with E-state index in [2.05, 4.69) is 0 Å². The number of rotatable bonds is 8. The third kappa shape index (κ3) is 5.14. The first-order valence-electron chi connectivity index (χ1n) is 7.12. The number of ketones is 1. The minimum absolute atomic E-state index is 0.0454. The van der Waals surface area contributed by atoms with Crippen molar-refractivity contribution < 1.29 is 14.6 Å². The molecule has 0 heterocycles. The maximum absolute atomic E-state index is 12.2. The topological polar surface area (TPSA) is 46.5 Å². The third-order valence-corrected chi connectivity index (χ3v) is 3.24. The van der Waals surface area contributed by atoms with Gasteiger partial charge < -0.3 is 9.84 Å². The number of carbonyl (C=O) groups is 1. The molecule has 3 nitrogen and oxygen atoms in total. The zero-order chi connectivity index (χ0) is 14.9. The Morgan fingerprint density at radius 2 is 1.62 bits per heavy atom. The maximum Gasteiger partial charge on any atom is 0.140 e. The van der Waals surface area contributed by atoms with Gasteiger partial charge in [-0.25, -0.2) is 0 Å². The zero-order valence-corrected chi connectivity index (χ0v) is 11.9. The van der Waals surface area contributed by atoms with Gasteiger partial charge in [0.25, 0.3) is 0 Å². The molecule has 21 heavy (non-hydrogen) atoms. The Bertz CT molecular complexity index is 537. The lowest BCUT2D eigenvalue weighted by Gasteiger charge is -2.17. The summed E-state index contributed by atoms with van der Waals surface area (Å²) in [5, 5.41) is 8.92. The van der Waals surface area contributed by atoms with Crippen LogP contribution in [0.25, 0.3) is 0 Å². The van der Waals surface area contributed by atoms with Crippen molar-refractivity contribution in [1.29, 1.82) is 0 Å². The molecule has 0 spiro atoms. The van der Waals surface area contributed by atoms with Crippen LogP contribution in [0.5, 0.6) is 0 Å². The van der Waals surface area contributed by atoms with Crippen LogP contribution in [-0.4, -0.2) is 24.1 Å². The van der Waals surface area contributed by atoms with Crippen LogP contribution in [0.15, 0.2) is 60.7 Å². The van der Waals surface area contributed by atoms with Gasteiger partial charge in [-0.05, 0) is 11.1 Å². The van der Waals surface area contributed by atoms with Crippen LogP contribution in [0.1, 0.15) is 23.7 Å². The predicted octanol–water partition coefficient (Wildman–Crippen LogP) is 2.94. The van der Waals surface area contributed by atoms with E-state index < -0.39 is 0 Å². The highest BCUT2D eigenvalue weighted by molar-refractivity contribution is 5.81. The molecule has 0 saturated carbocycles. The Balaban J connectivity index is 1.99. The SMILES string of the molecule is O=C(Cc1ccccc1)CC(OCCO)c1ccccc1. The number of hydrogen-bond acceptors (Lipinski definition) is 3. The second-order valence-corrected chi connectivity index (χ2v) is 4.90. The molecule has 2 aromatic rings. The fraction of sp³-hybridized carbons (Fsp3) is 0.278. The van der Waals surface area contributed by atoms with Gasteiger partial charge in [-0.15, -0.1) is 0 Å². The summed E-state index contributed by atoms with van der Waals surface area (Å²) in [6, 6.07) is 19.4. The van der Waals surface area contributed by atoms with E-state index in [1.807, 2.05) is 60.7 Å². The van der Waals surface area contributed by atoms with E-state index in [4.69, 9.17) is 9.84 Å². The van der Waals surface area contributed by atoms with E-state index in [0.717, 1.165) is 11.1 Å². The Hall–Kier alpha value is -1.97. The number of carbonyl (C=O) groups excluding carboxylic acids is 1. The van der Waals surface area contributed by atoms with Crippen molar-refractivity contribution in [2.75, 3.05) is 13.2 Å². The van der Waals surface area contributed by atoms with Crippen molar-refractivity contribution in [3.63, 3.8) is 0 Å². The Morgan fingerprint density at radius 3 is 2.24 bits per heavy atom. The van der Waals surface area contributed by atoms with E-state index in [1.165, 1.54) is 0 Å². The summed E-state index contributed by atoms with van der Waals surface area (Å²) in [4.78, 5) is 12.2. The van der Waals surface area contributed by atoms with E-state index in [1.54, 1.807) is 0 Å². The highest BCUT2D eigenvalue weighted by atomic mass is 16.5. The summed E-state index contributed by atoms with van der Waals surface area (Å²) < 4.78 is 5.61. The summed E-state index contributed by atoms with van der Waals surface area (Å²) in [7, 11) is 0. The van der Waals surface area contributed by atoms with Crippen molar-refractivity contribution in [2.24, 2.45) is 0 Å². The summed E-state index contributed by atoms with van der Waals surface area (Å²) in [6.45, 7) is 0.189. The lowest BCUT2D eigenvalue weighted by atomic mass is 10.00. The highest BCUT2D eigenvalue weighted by Gasteiger charge is 2.16. The standard InChI is InChI=1S/C18H20O3/c19-11-12-21-18(16-9-5-2-6-10-16)14-17(20)13-15-7-3-1-4-8-15/h1-10,18-19H,11-14H2. The van der Waals surface area contributed by atoms with E-state index in [0.29, 0.717) is 12.8 Å². The predicted molar refractivity (Wildman–Crippen MR) is 82.0 cm³/mol. The van der Waals surface area contributed by atoms with Gasteiger partial charge >= 0.3 is 0 Å². The summed E-state index contributed by atoms with van der Waals surface area (Å²) in [5.41, 5.74) is 1.98. The molecule has 0 aromatic heterocycles. The summed E-state index contributed by atoms with van der Waals surface area (Å²) in [6.07, 6.45) is 0.431. The van der Waals surface area contributed by atoms with Gasteiger partial charge in [0.15, 0.2) is 0 Å². The molecular formula is C18H20O3. The van der Waals surface area contributed by atoms with Gasteiger partial charge in [0.05, 0.1) is 19.3 Å². The van der Waals surface area contributed by atoms with Gasteiger partial charge in [-0.2, -0.15) is 0 Å². The molecule has 3 heteroatoms. The maximum atomic E-state index is 12.2. The van der Waals surface area contributed by atoms with Crippen molar-refractivity contribution in [2.45, 2.75) is 18.9 Å². The molecule has 0 aliphatic carbocycles. The second-order valence-electron chi connectivity index (χ2n) is 4.90. The fourth-order valence-corrected chi connectivity index (χ4v) is 2.24. The molecule has 2 aromatic carbocycles. The van der Waals surface area contributed by atoms with Gasteiger partial charge in [0, 0.05) is 12.8 Å². The number of Topliss-reactive ketones (excluding diaryl/α,β-unsaturated/α-hetero) is 1. The smallest absolute Gasteiger partial charge is 0.140 e. The van der Waals surface area contributed by atoms with Crippen molar-refractivity contribution in [1.82, 2.24) is 0 Å². The number of aliphatic hydroxyl groups is 1. The molecule has 0 aliphatic heterocycles. The quantitative estimate of drug-likeness (QED) is 0.810. The van der Waals surface area contributed by atoms with Crippen LogP contribution in [0.4, 0.5) is 0 Å². The largest absolute Gasteiger partial charge is 0.394 e. The van der Waals surface area contributed by atoms with Crippen LogP contribution in [-0.2, 0) is 16.0 Å². The Kier molecular flexibility index (Phi) is 6.13. The van der Waals surface area contributed by atoms with E-state index in [-0.39, 0.29) is 25.1 Å². The van der Waals surface area contributed by atoms with Gasteiger partial charge in [-0.3, -0.25) is 4.79 Å². The van der Waals surface area contributed by atoms with Gasteiger partial charge in [-0.1, -0.05) is 60.7 Å². The van der Waals surface area contributed by atoms with Crippen LogP contribution in [0, 0.1) is 0 Å². The molecule has 2 rings (SSSR count). The van der Waals surface area contributed by atoms with Crippen LogP contribution < -0.4 is 0 Å². The Morgan fingerprint density at radius 1 is 1.00 bits per heavy atom. The lowest BCUT2D eigenvalue weighted by molar-refractivity contribution is -0.121. The Labute approximate surface area is 125 Å². The van der Waals surface area contributed by atoms with E-state index in [9.17, 15) is 4.79 Å².